The minimum atomic E-state index is -1.06. The number of pyridine rings is 1. The fraction of sp³-hybridized carbons (Fsp3) is 0.400. The molecule has 0 unspecified atom stereocenters. The molecule has 0 saturated carbocycles. The third-order valence-corrected chi connectivity index (χ3v) is 5.46. The summed E-state index contributed by atoms with van der Waals surface area (Å²) in [5, 5.41) is 2.82. The number of fused-ring (bicyclic) bond motifs is 3. The van der Waals surface area contributed by atoms with Gasteiger partial charge in [0.2, 0.25) is 0 Å². The molecule has 2 atom stereocenters. The molecule has 0 radical (unpaired) electrons. The number of rotatable bonds is 6. The first-order valence-corrected chi connectivity index (χ1v) is 9.40. The third-order valence-electron chi connectivity index (χ3n) is 5.16. The minimum Gasteiger partial charge on any atom is -0.490 e. The molecule has 1 aromatic carbocycles. The van der Waals surface area contributed by atoms with Crippen LogP contribution in [-0.2, 0) is 4.74 Å². The maximum absolute atomic E-state index is 12.4. The second kappa shape index (κ2) is 8.24. The highest BCUT2D eigenvalue weighted by molar-refractivity contribution is 6.32. The van der Waals surface area contributed by atoms with Crippen molar-refractivity contribution in [1.82, 2.24) is 4.57 Å². The van der Waals surface area contributed by atoms with E-state index in [9.17, 15) is 14.5 Å². The fourth-order valence-corrected chi connectivity index (χ4v) is 3.98. The first-order chi connectivity index (χ1) is 13.4. The molecule has 2 aromatic rings. The normalized spacial score (nSPS) is 17.6. The van der Waals surface area contributed by atoms with Gasteiger partial charge in [-0.15, -0.1) is 4.91 Å². The molecule has 0 fully saturated rings. The van der Waals surface area contributed by atoms with Crippen molar-refractivity contribution in [3.05, 3.63) is 55.7 Å². The summed E-state index contributed by atoms with van der Waals surface area (Å²) in [6.45, 7) is 4.92. The molecule has 1 amide bonds. The summed E-state index contributed by atoms with van der Waals surface area (Å²) in [7, 11) is 1.60. The number of amides is 1. The van der Waals surface area contributed by atoms with E-state index in [2.05, 4.69) is 12.1 Å². The molecule has 8 heteroatoms. The van der Waals surface area contributed by atoms with Gasteiger partial charge in [0.1, 0.15) is 17.9 Å². The Morgan fingerprint density at radius 3 is 2.68 bits per heavy atom. The second-order valence-electron chi connectivity index (χ2n) is 6.72. The quantitative estimate of drug-likeness (QED) is 0.532. The van der Waals surface area contributed by atoms with Crippen molar-refractivity contribution in [2.24, 2.45) is 5.18 Å². The Hall–Kier alpha value is -2.51. The van der Waals surface area contributed by atoms with Crippen LogP contribution in [0.5, 0.6) is 5.75 Å². The molecule has 1 aliphatic heterocycles. The van der Waals surface area contributed by atoms with Crippen molar-refractivity contribution < 1.29 is 14.3 Å². The van der Waals surface area contributed by atoms with Crippen LogP contribution >= 0.6 is 11.6 Å². The van der Waals surface area contributed by atoms with E-state index in [4.69, 9.17) is 21.1 Å². The Balaban J connectivity index is 2.18. The summed E-state index contributed by atoms with van der Waals surface area (Å²) in [5.41, 5.74) is 1.70. The van der Waals surface area contributed by atoms with Gasteiger partial charge in [-0.05, 0) is 24.1 Å². The molecular weight excluding hydrogens is 384 g/mol. The van der Waals surface area contributed by atoms with E-state index in [1.165, 1.54) is 12.3 Å². The van der Waals surface area contributed by atoms with Crippen LogP contribution < -0.4 is 10.2 Å². The Labute approximate surface area is 167 Å². The number of nitroso groups, excluding NO2 is 1. The topological polar surface area (TPSA) is 87.0 Å². The zero-order chi connectivity index (χ0) is 20.4. The number of methoxy groups -OCH3 is 1. The Kier molecular flexibility index (Phi) is 5.96. The van der Waals surface area contributed by atoms with Gasteiger partial charge in [-0.25, -0.2) is 0 Å². The van der Waals surface area contributed by atoms with Crippen LogP contribution in [0.1, 0.15) is 48.1 Å². The highest BCUT2D eigenvalue weighted by Gasteiger charge is 2.31. The van der Waals surface area contributed by atoms with Crippen molar-refractivity contribution in [3.63, 3.8) is 0 Å². The summed E-state index contributed by atoms with van der Waals surface area (Å²) >= 11 is 6.40. The third kappa shape index (κ3) is 3.47. The van der Waals surface area contributed by atoms with E-state index in [1.807, 2.05) is 17.6 Å². The van der Waals surface area contributed by atoms with Gasteiger partial charge in [0.25, 0.3) is 0 Å². The molecule has 0 bridgehead atoms. The van der Waals surface area contributed by atoms with Gasteiger partial charge >= 0.3 is 5.91 Å². The van der Waals surface area contributed by atoms with E-state index in [0.717, 1.165) is 17.5 Å². The Morgan fingerprint density at radius 2 is 2.04 bits per heavy atom. The molecule has 0 spiro atoms. The molecule has 1 aromatic heterocycles. The number of aromatic nitrogens is 1. The van der Waals surface area contributed by atoms with Crippen molar-refractivity contribution in [3.8, 4) is 17.0 Å². The number of carbonyl (C=O) groups is 1. The number of hydrogen-bond donors (Lipinski definition) is 0. The molecule has 0 aliphatic carbocycles. The summed E-state index contributed by atoms with van der Waals surface area (Å²) in [6, 6.07) is 5.04. The van der Waals surface area contributed by atoms with Crippen molar-refractivity contribution in [2.75, 3.05) is 20.3 Å². The molecule has 3 rings (SSSR count). The van der Waals surface area contributed by atoms with Crippen LogP contribution in [0, 0.1) is 4.91 Å². The number of hydrogen-bond acceptors (Lipinski definition) is 5. The van der Waals surface area contributed by atoms with Gasteiger partial charge in [-0.1, -0.05) is 25.4 Å². The number of benzene rings is 1. The molecule has 1 aliphatic rings. The summed E-state index contributed by atoms with van der Waals surface area (Å²) in [5.74, 6) is -0.426. The summed E-state index contributed by atoms with van der Waals surface area (Å²) < 4.78 is 12.6. The van der Waals surface area contributed by atoms with Crippen LogP contribution in [0.25, 0.3) is 11.3 Å². The van der Waals surface area contributed by atoms with Crippen LogP contribution in [0.4, 0.5) is 0 Å². The SMILES string of the molecule is CC[C@H]1[C@@H](C)c2cc(OCCOC)c(Cl)cc2-c2cc(=O)c(C(=O)N=O)cn21. The number of ether oxygens (including phenoxy) is 2. The smallest absolute Gasteiger partial charge is 0.322 e. The van der Waals surface area contributed by atoms with E-state index >= 15 is 0 Å². The lowest BCUT2D eigenvalue weighted by molar-refractivity contribution is 0.0998. The Morgan fingerprint density at radius 1 is 1.29 bits per heavy atom. The van der Waals surface area contributed by atoms with Crippen molar-refractivity contribution in [2.45, 2.75) is 32.2 Å². The average Bonchev–Trinajstić information content (AvgIpc) is 2.69. The predicted molar refractivity (Wildman–Crippen MR) is 106 cm³/mol. The number of halogens is 1. The first-order valence-electron chi connectivity index (χ1n) is 9.02. The second-order valence-corrected chi connectivity index (χ2v) is 7.12. The largest absolute Gasteiger partial charge is 0.490 e. The van der Waals surface area contributed by atoms with Crippen molar-refractivity contribution in [1.29, 1.82) is 0 Å². The van der Waals surface area contributed by atoms with Crippen LogP contribution in [0.2, 0.25) is 5.02 Å². The zero-order valence-corrected chi connectivity index (χ0v) is 16.7. The predicted octanol–water partition coefficient (Wildman–Crippen LogP) is 4.17. The Bertz CT molecular complexity index is 985. The summed E-state index contributed by atoms with van der Waals surface area (Å²) in [4.78, 5) is 34.8. The van der Waals surface area contributed by atoms with Crippen molar-refractivity contribution >= 4 is 17.5 Å². The summed E-state index contributed by atoms with van der Waals surface area (Å²) in [6.07, 6.45) is 2.20. The standard InChI is InChI=1S/C20H21ClN2O5/c1-4-16-11(2)12-8-19(28-6-5-27-3)15(21)7-13(12)17-9-18(24)14(10-23(16)17)20(25)22-26/h7-11,16H,4-6H2,1-3H3/t11-,16-/m0/s1. The van der Waals surface area contributed by atoms with Crippen LogP contribution in [0.3, 0.4) is 0 Å². The van der Waals surface area contributed by atoms with Crippen LogP contribution in [0.15, 0.2) is 34.4 Å². The zero-order valence-electron chi connectivity index (χ0n) is 15.9. The lowest BCUT2D eigenvalue weighted by Crippen LogP contribution is -2.27. The maximum atomic E-state index is 12.4. The van der Waals surface area contributed by atoms with Gasteiger partial charge in [-0.2, -0.15) is 0 Å². The van der Waals surface area contributed by atoms with Gasteiger partial charge < -0.3 is 14.0 Å². The van der Waals surface area contributed by atoms with Crippen LogP contribution in [-0.4, -0.2) is 30.8 Å². The van der Waals surface area contributed by atoms with Gasteiger partial charge in [0, 0.05) is 42.1 Å². The number of carbonyl (C=O) groups excluding carboxylic acids is 1. The fourth-order valence-electron chi connectivity index (χ4n) is 3.76. The molecule has 0 saturated heterocycles. The molecule has 148 valence electrons. The van der Waals surface area contributed by atoms with E-state index in [-0.39, 0.29) is 17.5 Å². The van der Waals surface area contributed by atoms with Gasteiger partial charge in [0.05, 0.1) is 17.3 Å². The van der Waals surface area contributed by atoms with Gasteiger partial charge in [0.15, 0.2) is 5.43 Å². The number of nitrogens with zero attached hydrogens (tertiary/aromatic N) is 2. The molecular formula is C20H21ClN2O5. The molecule has 28 heavy (non-hydrogen) atoms. The first kappa shape index (κ1) is 20.2. The van der Waals surface area contributed by atoms with E-state index in [0.29, 0.717) is 29.7 Å². The van der Waals surface area contributed by atoms with E-state index < -0.39 is 11.3 Å². The average molecular weight is 405 g/mol. The molecule has 0 N–H and O–H groups in total. The van der Waals surface area contributed by atoms with E-state index in [1.54, 1.807) is 13.2 Å². The van der Waals surface area contributed by atoms with Gasteiger partial charge in [-0.3, -0.25) is 9.59 Å². The monoisotopic (exact) mass is 404 g/mol. The lowest BCUT2D eigenvalue weighted by Gasteiger charge is -2.35. The minimum absolute atomic E-state index is 0.00528. The highest BCUT2D eigenvalue weighted by Crippen LogP contribution is 2.46. The maximum Gasteiger partial charge on any atom is 0.322 e. The lowest BCUT2D eigenvalue weighted by atomic mass is 9.82. The molecule has 2 heterocycles. The highest BCUT2D eigenvalue weighted by atomic mass is 35.5. The molecule has 7 nitrogen and oxygen atoms in total.